The fourth-order valence-electron chi connectivity index (χ4n) is 0.871. The van der Waals surface area contributed by atoms with Crippen LogP contribution in [0.3, 0.4) is 0 Å². The Kier molecular flexibility index (Phi) is 4.21. The predicted molar refractivity (Wildman–Crippen MR) is 52.7 cm³/mol. The molecule has 2 rings (SSSR count). The molecule has 1 unspecified atom stereocenters. The largest absolute Gasteiger partial charge is 0.337 e. The lowest BCUT2D eigenvalue weighted by molar-refractivity contribution is -0.123. The number of carbonyl (C=O) groups excluding carboxylic acids is 2. The molecule has 1 aromatic rings. The second-order valence-corrected chi connectivity index (χ2v) is 3.00. The van der Waals surface area contributed by atoms with Crippen molar-refractivity contribution in [1.82, 2.24) is 20.6 Å². The van der Waals surface area contributed by atoms with E-state index in [1.54, 1.807) is 25.4 Å². The molecule has 2 heterocycles. The zero-order valence-corrected chi connectivity index (χ0v) is 8.30. The number of nitrogens with one attached hydrogen (secondary N) is 2. The minimum atomic E-state index is -0.391. The summed E-state index contributed by atoms with van der Waals surface area (Å²) in [4.78, 5) is 28.4. The molecule has 6 nitrogen and oxygen atoms in total. The molecule has 0 radical (unpaired) electrons. The molecule has 2 N–H and O–H groups in total. The minimum Gasteiger partial charge on any atom is -0.337 e. The van der Waals surface area contributed by atoms with E-state index in [0.29, 0.717) is 6.54 Å². The van der Waals surface area contributed by atoms with Crippen molar-refractivity contribution in [3.05, 3.63) is 24.8 Å². The van der Waals surface area contributed by atoms with Gasteiger partial charge < -0.3 is 5.32 Å². The minimum absolute atomic E-state index is 0.0947. The first-order chi connectivity index (χ1) is 7.20. The Morgan fingerprint density at radius 3 is 2.33 bits per heavy atom. The molecule has 1 aliphatic rings. The van der Waals surface area contributed by atoms with Crippen LogP contribution in [0, 0.1) is 5.92 Å². The topological polar surface area (TPSA) is 84.0 Å². The first-order valence-electron chi connectivity index (χ1n) is 4.49. The zero-order valence-electron chi connectivity index (χ0n) is 8.30. The maximum absolute atomic E-state index is 10.6. The predicted octanol–water partition coefficient (Wildman–Crippen LogP) is -0.0615. The van der Waals surface area contributed by atoms with E-state index in [9.17, 15) is 9.59 Å². The summed E-state index contributed by atoms with van der Waals surface area (Å²) in [6.45, 7) is 2.21. The van der Waals surface area contributed by atoms with Crippen LogP contribution in [-0.2, 0) is 4.79 Å². The summed E-state index contributed by atoms with van der Waals surface area (Å²) in [5.74, 6) is -0.290. The number of hydrogen-bond donors (Lipinski definition) is 2. The molecule has 1 atom stereocenters. The molecule has 0 aliphatic carbocycles. The van der Waals surface area contributed by atoms with Crippen molar-refractivity contribution in [1.29, 1.82) is 0 Å². The molecular weight excluding hydrogens is 196 g/mol. The van der Waals surface area contributed by atoms with Crippen LogP contribution in [0.25, 0.3) is 0 Å². The van der Waals surface area contributed by atoms with E-state index in [4.69, 9.17) is 0 Å². The molecule has 0 spiro atoms. The van der Waals surface area contributed by atoms with Crippen molar-refractivity contribution < 1.29 is 9.59 Å². The van der Waals surface area contributed by atoms with E-state index in [-0.39, 0.29) is 11.8 Å². The smallest absolute Gasteiger partial charge is 0.321 e. The van der Waals surface area contributed by atoms with Crippen LogP contribution >= 0.6 is 0 Å². The molecule has 1 fully saturated rings. The van der Waals surface area contributed by atoms with E-state index in [1.807, 2.05) is 0 Å². The van der Waals surface area contributed by atoms with Crippen LogP contribution in [0.5, 0.6) is 0 Å². The van der Waals surface area contributed by atoms with Crippen molar-refractivity contribution in [3.63, 3.8) is 0 Å². The zero-order chi connectivity index (χ0) is 11.1. The van der Waals surface area contributed by atoms with Crippen LogP contribution in [0.15, 0.2) is 24.8 Å². The summed E-state index contributed by atoms with van der Waals surface area (Å²) in [7, 11) is 0. The first kappa shape index (κ1) is 11.1. The number of nitrogens with zero attached hydrogens (tertiary/aromatic N) is 2. The third-order valence-corrected chi connectivity index (χ3v) is 1.73. The Morgan fingerprint density at radius 1 is 1.33 bits per heavy atom. The molecule has 1 saturated heterocycles. The molecule has 0 saturated carbocycles. The standard InChI is InChI=1S/C5H8N2O2.C4H4N2/c1-3-2-6-5(9)7-4(3)8;1-2-5-4-6-3-1/h3H,2H2,1H3,(H2,6,7,8,9);1-4H. The molecule has 15 heavy (non-hydrogen) atoms. The Balaban J connectivity index is 0.000000162. The van der Waals surface area contributed by atoms with Gasteiger partial charge >= 0.3 is 6.03 Å². The Hall–Kier alpha value is -1.98. The van der Waals surface area contributed by atoms with Gasteiger partial charge in [0, 0.05) is 18.9 Å². The van der Waals surface area contributed by atoms with Crippen molar-refractivity contribution in [2.45, 2.75) is 6.92 Å². The Morgan fingerprint density at radius 2 is 2.00 bits per heavy atom. The van der Waals surface area contributed by atoms with Gasteiger partial charge in [-0.25, -0.2) is 14.8 Å². The van der Waals surface area contributed by atoms with E-state index in [0.717, 1.165) is 0 Å². The van der Waals surface area contributed by atoms with Gasteiger partial charge in [0.2, 0.25) is 5.91 Å². The summed E-state index contributed by atoms with van der Waals surface area (Å²) in [5, 5.41) is 4.63. The van der Waals surface area contributed by atoms with Gasteiger partial charge in [-0.2, -0.15) is 0 Å². The van der Waals surface area contributed by atoms with Gasteiger partial charge in [-0.3, -0.25) is 10.1 Å². The molecule has 80 valence electrons. The number of urea groups is 1. The van der Waals surface area contributed by atoms with Crippen molar-refractivity contribution in [2.24, 2.45) is 5.92 Å². The van der Waals surface area contributed by atoms with Gasteiger partial charge in [0.1, 0.15) is 6.33 Å². The third-order valence-electron chi connectivity index (χ3n) is 1.73. The van der Waals surface area contributed by atoms with Gasteiger partial charge in [0.25, 0.3) is 0 Å². The van der Waals surface area contributed by atoms with Crippen LogP contribution in [-0.4, -0.2) is 28.5 Å². The maximum atomic E-state index is 10.6. The monoisotopic (exact) mass is 208 g/mol. The number of amides is 3. The lowest BCUT2D eigenvalue weighted by Gasteiger charge is -2.17. The van der Waals surface area contributed by atoms with Gasteiger partial charge in [-0.15, -0.1) is 0 Å². The number of rotatable bonds is 0. The van der Waals surface area contributed by atoms with Crippen LogP contribution in [0.4, 0.5) is 4.79 Å². The number of imide groups is 1. The highest BCUT2D eigenvalue weighted by atomic mass is 16.2. The highest BCUT2D eigenvalue weighted by Gasteiger charge is 2.20. The molecule has 1 aliphatic heterocycles. The molecule has 3 amide bonds. The van der Waals surface area contributed by atoms with Gasteiger partial charge in [-0.1, -0.05) is 6.92 Å². The molecule has 0 bridgehead atoms. The third kappa shape index (κ3) is 4.17. The quantitative estimate of drug-likeness (QED) is 0.625. The van der Waals surface area contributed by atoms with E-state index < -0.39 is 6.03 Å². The summed E-state index contributed by atoms with van der Waals surface area (Å²) in [5.41, 5.74) is 0. The van der Waals surface area contributed by atoms with Crippen LogP contribution in [0.1, 0.15) is 6.92 Å². The van der Waals surface area contributed by atoms with Gasteiger partial charge in [0.05, 0.1) is 5.92 Å². The summed E-state index contributed by atoms with van der Waals surface area (Å²) in [6, 6.07) is 1.39. The van der Waals surface area contributed by atoms with Crippen LogP contribution in [0.2, 0.25) is 0 Å². The SMILES string of the molecule is CC1CNC(=O)NC1=O.c1cncnc1. The molecule has 1 aromatic heterocycles. The number of hydrogen-bond acceptors (Lipinski definition) is 4. The van der Waals surface area contributed by atoms with E-state index in [1.165, 1.54) is 6.33 Å². The van der Waals surface area contributed by atoms with E-state index in [2.05, 4.69) is 20.6 Å². The molecular formula is C9H12N4O2. The van der Waals surface area contributed by atoms with Crippen molar-refractivity contribution in [2.75, 3.05) is 6.54 Å². The molecule has 0 aromatic carbocycles. The number of aromatic nitrogens is 2. The van der Waals surface area contributed by atoms with Crippen LogP contribution < -0.4 is 10.6 Å². The Labute approximate surface area is 87.1 Å². The fraction of sp³-hybridized carbons (Fsp3) is 0.333. The second-order valence-electron chi connectivity index (χ2n) is 3.00. The van der Waals surface area contributed by atoms with E-state index >= 15 is 0 Å². The fourth-order valence-corrected chi connectivity index (χ4v) is 0.871. The van der Waals surface area contributed by atoms with Crippen molar-refractivity contribution >= 4 is 11.9 Å². The van der Waals surface area contributed by atoms with Crippen molar-refractivity contribution in [3.8, 4) is 0 Å². The summed E-state index contributed by atoms with van der Waals surface area (Å²) in [6.07, 6.45) is 4.88. The highest BCUT2D eigenvalue weighted by Crippen LogP contribution is 1.95. The normalized spacial score (nSPS) is 19.4. The molecule has 6 heteroatoms. The maximum Gasteiger partial charge on any atom is 0.321 e. The van der Waals surface area contributed by atoms with Gasteiger partial charge in [-0.05, 0) is 6.07 Å². The van der Waals surface area contributed by atoms with Gasteiger partial charge in [0.15, 0.2) is 0 Å². The summed E-state index contributed by atoms with van der Waals surface area (Å²) < 4.78 is 0. The average Bonchev–Trinajstić information content (AvgIpc) is 2.27. The second kappa shape index (κ2) is 5.69. The Bertz CT molecular complexity index is 301. The lowest BCUT2D eigenvalue weighted by Crippen LogP contribution is -2.51. The first-order valence-corrected chi connectivity index (χ1v) is 4.49. The average molecular weight is 208 g/mol. The number of carbonyl (C=O) groups is 2. The summed E-state index contributed by atoms with van der Waals surface area (Å²) >= 11 is 0. The lowest BCUT2D eigenvalue weighted by atomic mass is 10.1. The highest BCUT2D eigenvalue weighted by molar-refractivity contribution is 5.97.